The summed E-state index contributed by atoms with van der Waals surface area (Å²) in [5.74, 6) is 0.518. The van der Waals surface area contributed by atoms with Gasteiger partial charge in [0.2, 0.25) is 0 Å². The number of nitrogens with zero attached hydrogens (tertiary/aromatic N) is 2. The van der Waals surface area contributed by atoms with Crippen LogP contribution in [0.5, 0.6) is 0 Å². The lowest BCUT2D eigenvalue weighted by Crippen LogP contribution is -2.44. The first-order valence-electron chi connectivity index (χ1n) is 6.34. The van der Waals surface area contributed by atoms with Gasteiger partial charge in [0.15, 0.2) is 9.84 Å². The highest BCUT2D eigenvalue weighted by molar-refractivity contribution is 7.91. The summed E-state index contributed by atoms with van der Waals surface area (Å²) in [7, 11) is -2.86. The molecule has 18 heavy (non-hydrogen) atoms. The summed E-state index contributed by atoms with van der Waals surface area (Å²) in [4.78, 5) is 0. The Labute approximate surface area is 108 Å². The molecule has 6 heteroatoms. The summed E-state index contributed by atoms with van der Waals surface area (Å²) in [5.41, 5.74) is 0.786. The van der Waals surface area contributed by atoms with E-state index >= 15 is 0 Å². The van der Waals surface area contributed by atoms with Crippen LogP contribution in [-0.4, -0.2) is 35.2 Å². The molecule has 0 aliphatic carbocycles. The predicted octanol–water partition coefficient (Wildman–Crippen LogP) is 1.13. The van der Waals surface area contributed by atoms with Gasteiger partial charge in [-0.25, -0.2) is 8.42 Å². The first-order chi connectivity index (χ1) is 8.34. The van der Waals surface area contributed by atoms with Crippen molar-refractivity contribution in [1.82, 2.24) is 15.1 Å². The van der Waals surface area contributed by atoms with Crippen LogP contribution < -0.4 is 5.32 Å². The van der Waals surface area contributed by atoms with Gasteiger partial charge in [-0.05, 0) is 27.2 Å². The maximum atomic E-state index is 11.6. The van der Waals surface area contributed by atoms with E-state index in [1.807, 2.05) is 37.8 Å². The fourth-order valence-electron chi connectivity index (χ4n) is 2.51. The number of rotatable bonds is 4. The van der Waals surface area contributed by atoms with E-state index in [1.54, 1.807) is 0 Å². The van der Waals surface area contributed by atoms with Gasteiger partial charge < -0.3 is 5.32 Å². The molecule has 102 valence electrons. The van der Waals surface area contributed by atoms with Crippen molar-refractivity contribution in [3.8, 4) is 0 Å². The van der Waals surface area contributed by atoms with Crippen molar-refractivity contribution in [2.75, 3.05) is 11.5 Å². The van der Waals surface area contributed by atoms with Crippen LogP contribution in [0.25, 0.3) is 0 Å². The number of sulfone groups is 1. The van der Waals surface area contributed by atoms with Crippen LogP contribution in [0.2, 0.25) is 0 Å². The van der Waals surface area contributed by atoms with Crippen molar-refractivity contribution in [1.29, 1.82) is 0 Å². The molecular weight excluding hydrogens is 250 g/mol. The average Bonchev–Trinajstić information content (AvgIpc) is 2.83. The minimum absolute atomic E-state index is 0.114. The van der Waals surface area contributed by atoms with Gasteiger partial charge in [0.1, 0.15) is 0 Å². The molecule has 1 aliphatic rings. The van der Waals surface area contributed by atoms with E-state index in [4.69, 9.17) is 0 Å². The van der Waals surface area contributed by atoms with Gasteiger partial charge in [0, 0.05) is 29.9 Å². The molecule has 1 saturated heterocycles. The summed E-state index contributed by atoms with van der Waals surface area (Å²) < 4.78 is 25.0. The van der Waals surface area contributed by atoms with Crippen LogP contribution in [-0.2, 0) is 16.4 Å². The quantitative estimate of drug-likeness (QED) is 0.891. The van der Waals surface area contributed by atoms with Crippen LogP contribution in [0.3, 0.4) is 0 Å². The second kappa shape index (κ2) is 4.66. The SMILES string of the molecule is CCn1cc(C(C)NC2(C)CCS(=O)(=O)C2)cn1. The topological polar surface area (TPSA) is 64.0 Å². The fraction of sp³-hybridized carbons (Fsp3) is 0.750. The Morgan fingerprint density at radius 3 is 2.83 bits per heavy atom. The highest BCUT2D eigenvalue weighted by atomic mass is 32.2. The third-order valence-electron chi connectivity index (χ3n) is 3.55. The van der Waals surface area contributed by atoms with Gasteiger partial charge in [-0.3, -0.25) is 4.68 Å². The fourth-order valence-corrected chi connectivity index (χ4v) is 4.61. The molecule has 1 N–H and O–H groups in total. The zero-order chi connectivity index (χ0) is 13.4. The number of hydrogen-bond acceptors (Lipinski definition) is 4. The molecule has 2 rings (SSSR count). The molecule has 0 aromatic carbocycles. The van der Waals surface area contributed by atoms with Gasteiger partial charge >= 0.3 is 0 Å². The van der Waals surface area contributed by atoms with Crippen LogP contribution in [0, 0.1) is 0 Å². The molecule has 2 atom stereocenters. The first-order valence-corrected chi connectivity index (χ1v) is 8.16. The van der Waals surface area contributed by atoms with Gasteiger partial charge in [-0.1, -0.05) is 0 Å². The maximum Gasteiger partial charge on any atom is 0.152 e. The van der Waals surface area contributed by atoms with E-state index in [2.05, 4.69) is 10.4 Å². The minimum Gasteiger partial charge on any atom is -0.304 e. The Morgan fingerprint density at radius 1 is 1.61 bits per heavy atom. The summed E-state index contributed by atoms with van der Waals surface area (Å²) in [6.07, 6.45) is 4.53. The van der Waals surface area contributed by atoms with Gasteiger partial charge in [0.05, 0.1) is 17.7 Å². The lowest BCUT2D eigenvalue weighted by molar-refractivity contribution is 0.355. The van der Waals surface area contributed by atoms with Crippen molar-refractivity contribution in [3.63, 3.8) is 0 Å². The van der Waals surface area contributed by atoms with E-state index in [1.165, 1.54) is 0 Å². The van der Waals surface area contributed by atoms with Crippen molar-refractivity contribution < 1.29 is 8.42 Å². The molecule has 0 spiro atoms. The number of aromatic nitrogens is 2. The van der Waals surface area contributed by atoms with Gasteiger partial charge in [0.25, 0.3) is 0 Å². The number of nitrogens with one attached hydrogen (secondary N) is 1. The largest absolute Gasteiger partial charge is 0.304 e. The Morgan fingerprint density at radius 2 is 2.33 bits per heavy atom. The lowest BCUT2D eigenvalue weighted by Gasteiger charge is -2.28. The van der Waals surface area contributed by atoms with Crippen LogP contribution in [0.4, 0.5) is 0 Å². The predicted molar refractivity (Wildman–Crippen MR) is 71.1 cm³/mol. The zero-order valence-corrected chi connectivity index (χ0v) is 12.0. The van der Waals surface area contributed by atoms with Gasteiger partial charge in [-0.2, -0.15) is 5.10 Å². The molecule has 5 nitrogen and oxygen atoms in total. The first kappa shape index (κ1) is 13.5. The van der Waals surface area contributed by atoms with E-state index in [0.717, 1.165) is 12.1 Å². The third-order valence-corrected chi connectivity index (χ3v) is 5.45. The second-order valence-electron chi connectivity index (χ2n) is 5.40. The number of hydrogen-bond donors (Lipinski definition) is 1. The standard InChI is InChI=1S/C12H21N3O2S/c1-4-15-8-11(7-13-15)10(2)14-12(3)5-6-18(16,17)9-12/h7-8,10,14H,4-6,9H2,1-3H3. The second-order valence-corrected chi connectivity index (χ2v) is 7.58. The monoisotopic (exact) mass is 271 g/mol. The van der Waals surface area contributed by atoms with E-state index in [0.29, 0.717) is 6.42 Å². The highest BCUT2D eigenvalue weighted by Crippen LogP contribution is 2.26. The van der Waals surface area contributed by atoms with Crippen LogP contribution in [0.1, 0.15) is 38.8 Å². The Kier molecular flexibility index (Phi) is 3.51. The Balaban J connectivity index is 2.05. The summed E-state index contributed by atoms with van der Waals surface area (Å²) in [6.45, 7) is 6.92. The summed E-state index contributed by atoms with van der Waals surface area (Å²) in [6, 6.07) is 0.114. The van der Waals surface area contributed by atoms with Crippen molar-refractivity contribution in [2.45, 2.75) is 45.3 Å². The maximum absolute atomic E-state index is 11.6. The van der Waals surface area contributed by atoms with Crippen molar-refractivity contribution in [2.24, 2.45) is 0 Å². The third kappa shape index (κ3) is 2.92. The molecule has 0 bridgehead atoms. The smallest absolute Gasteiger partial charge is 0.152 e. The molecule has 0 saturated carbocycles. The van der Waals surface area contributed by atoms with E-state index in [-0.39, 0.29) is 23.1 Å². The normalized spacial score (nSPS) is 28.4. The minimum atomic E-state index is -2.86. The van der Waals surface area contributed by atoms with Crippen LogP contribution in [0.15, 0.2) is 12.4 Å². The average molecular weight is 271 g/mol. The molecule has 0 radical (unpaired) electrons. The highest BCUT2D eigenvalue weighted by Gasteiger charge is 2.39. The molecule has 0 amide bonds. The molecule has 1 aromatic rings. The van der Waals surface area contributed by atoms with Crippen molar-refractivity contribution in [3.05, 3.63) is 18.0 Å². The van der Waals surface area contributed by atoms with Gasteiger partial charge in [-0.15, -0.1) is 0 Å². The van der Waals surface area contributed by atoms with Crippen molar-refractivity contribution >= 4 is 9.84 Å². The molecular formula is C12H21N3O2S. The Hall–Kier alpha value is -0.880. The summed E-state index contributed by atoms with van der Waals surface area (Å²) in [5, 5.41) is 7.67. The molecule has 1 aromatic heterocycles. The summed E-state index contributed by atoms with van der Waals surface area (Å²) >= 11 is 0. The molecule has 1 fully saturated rings. The Bertz CT molecular complexity index is 523. The molecule has 2 heterocycles. The zero-order valence-electron chi connectivity index (χ0n) is 11.2. The van der Waals surface area contributed by atoms with E-state index < -0.39 is 9.84 Å². The molecule has 1 aliphatic heterocycles. The van der Waals surface area contributed by atoms with Crippen LogP contribution >= 0.6 is 0 Å². The molecule has 2 unspecified atom stereocenters. The lowest BCUT2D eigenvalue weighted by atomic mass is 9.99. The van der Waals surface area contributed by atoms with E-state index in [9.17, 15) is 8.42 Å². The number of aryl methyl sites for hydroxylation is 1.